The first-order valence-electron chi connectivity index (χ1n) is 11.4. The number of fused-ring (bicyclic) bond motifs is 2. The number of hydroxylamine groups is 1. The van der Waals surface area contributed by atoms with E-state index in [9.17, 15) is 22.8 Å². The Morgan fingerprint density at radius 2 is 1.39 bits per heavy atom. The van der Waals surface area contributed by atoms with Crippen molar-refractivity contribution in [3.63, 3.8) is 0 Å². The number of nitrogens with zero attached hydrogens (tertiary/aromatic N) is 2. The van der Waals surface area contributed by atoms with Gasteiger partial charge in [0.15, 0.2) is 6.10 Å². The fourth-order valence-corrected chi connectivity index (χ4v) is 5.11. The minimum Gasteiger partial charge on any atom is -0.273 e. The summed E-state index contributed by atoms with van der Waals surface area (Å²) in [4.78, 5) is 34.2. The SMILES string of the molecule is O=C1C2ON(c3ccccc3)C(c3cccc4ccccc34)C2C(=O)N1c1cccc(C(F)(F)F)c1. The molecule has 8 heteroatoms. The van der Waals surface area contributed by atoms with Crippen LogP contribution in [-0.4, -0.2) is 17.9 Å². The quantitative estimate of drug-likeness (QED) is 0.337. The van der Waals surface area contributed by atoms with E-state index in [2.05, 4.69) is 0 Å². The van der Waals surface area contributed by atoms with E-state index < -0.39 is 41.6 Å². The van der Waals surface area contributed by atoms with Crippen molar-refractivity contribution in [2.24, 2.45) is 5.92 Å². The number of hydrogen-bond acceptors (Lipinski definition) is 4. The highest BCUT2D eigenvalue weighted by molar-refractivity contribution is 6.24. The van der Waals surface area contributed by atoms with E-state index >= 15 is 0 Å². The maximum absolute atomic E-state index is 13.8. The van der Waals surface area contributed by atoms with Crippen molar-refractivity contribution in [3.05, 3.63) is 108 Å². The molecular formula is C28H19F3N2O3. The summed E-state index contributed by atoms with van der Waals surface area (Å²) in [5, 5.41) is 3.43. The Kier molecular flexibility index (Phi) is 5.08. The van der Waals surface area contributed by atoms with Gasteiger partial charge in [-0.1, -0.05) is 66.7 Å². The Balaban J connectivity index is 1.48. The summed E-state index contributed by atoms with van der Waals surface area (Å²) in [6.45, 7) is 0. The van der Waals surface area contributed by atoms with Gasteiger partial charge in [-0.25, -0.2) is 9.96 Å². The molecule has 0 saturated carbocycles. The molecule has 3 atom stereocenters. The number of amides is 2. The third-order valence-corrected chi connectivity index (χ3v) is 6.70. The van der Waals surface area contributed by atoms with Gasteiger partial charge in [0.1, 0.15) is 5.92 Å². The van der Waals surface area contributed by atoms with Crippen molar-refractivity contribution in [2.45, 2.75) is 18.3 Å². The van der Waals surface area contributed by atoms with E-state index in [1.54, 1.807) is 5.06 Å². The summed E-state index contributed by atoms with van der Waals surface area (Å²) in [5.41, 5.74) is 0.392. The van der Waals surface area contributed by atoms with Gasteiger partial charge in [-0.15, -0.1) is 0 Å². The van der Waals surface area contributed by atoms with Crippen LogP contribution in [-0.2, 0) is 20.6 Å². The molecule has 0 aromatic heterocycles. The predicted octanol–water partition coefficient (Wildman–Crippen LogP) is 5.91. The minimum absolute atomic E-state index is 0.124. The molecule has 180 valence electrons. The first kappa shape index (κ1) is 22.3. The monoisotopic (exact) mass is 488 g/mol. The third-order valence-electron chi connectivity index (χ3n) is 6.70. The smallest absolute Gasteiger partial charge is 0.273 e. The number of anilines is 2. The highest BCUT2D eigenvalue weighted by atomic mass is 19.4. The lowest BCUT2D eigenvalue weighted by atomic mass is 9.87. The van der Waals surface area contributed by atoms with Crippen LogP contribution in [0.2, 0.25) is 0 Å². The number of para-hydroxylation sites is 1. The Morgan fingerprint density at radius 1 is 0.722 bits per heavy atom. The average Bonchev–Trinajstić information content (AvgIpc) is 3.39. The van der Waals surface area contributed by atoms with Crippen LogP contribution in [0.1, 0.15) is 17.2 Å². The largest absolute Gasteiger partial charge is 0.416 e. The van der Waals surface area contributed by atoms with Crippen LogP contribution in [0.15, 0.2) is 97.1 Å². The fourth-order valence-electron chi connectivity index (χ4n) is 5.11. The van der Waals surface area contributed by atoms with Crippen LogP contribution in [0.4, 0.5) is 24.5 Å². The molecule has 2 aliphatic heterocycles. The molecule has 0 N–H and O–H groups in total. The minimum atomic E-state index is -4.61. The van der Waals surface area contributed by atoms with Crippen LogP contribution in [0.25, 0.3) is 10.8 Å². The van der Waals surface area contributed by atoms with Crippen LogP contribution in [0, 0.1) is 5.92 Å². The highest BCUT2D eigenvalue weighted by Crippen LogP contribution is 2.49. The van der Waals surface area contributed by atoms with Crippen molar-refractivity contribution in [3.8, 4) is 0 Å². The van der Waals surface area contributed by atoms with Crippen molar-refractivity contribution in [1.82, 2.24) is 0 Å². The molecule has 0 bridgehead atoms. The standard InChI is InChI=1S/C28H19F3N2O3/c29-28(30,31)18-10-7-13-20(16-18)32-26(34)23-24(22-15-6-9-17-8-4-5-14-21(17)22)33(36-25(23)27(32)35)19-11-2-1-3-12-19/h1-16,23-25H. The predicted molar refractivity (Wildman–Crippen MR) is 128 cm³/mol. The number of rotatable bonds is 3. The van der Waals surface area contributed by atoms with Crippen LogP contribution in [0.3, 0.4) is 0 Å². The van der Waals surface area contributed by atoms with E-state index in [1.807, 2.05) is 72.8 Å². The lowest BCUT2D eigenvalue weighted by molar-refractivity contribution is -0.137. The molecule has 2 saturated heterocycles. The van der Waals surface area contributed by atoms with E-state index in [0.717, 1.165) is 33.4 Å². The molecule has 5 nitrogen and oxygen atoms in total. The van der Waals surface area contributed by atoms with Gasteiger partial charge in [-0.05, 0) is 46.7 Å². The van der Waals surface area contributed by atoms with Gasteiger partial charge in [0.25, 0.3) is 5.91 Å². The Morgan fingerprint density at radius 3 is 2.17 bits per heavy atom. The van der Waals surface area contributed by atoms with Gasteiger partial charge in [-0.3, -0.25) is 14.4 Å². The second-order valence-electron chi connectivity index (χ2n) is 8.79. The van der Waals surface area contributed by atoms with Gasteiger partial charge < -0.3 is 0 Å². The molecule has 4 aromatic rings. The molecule has 36 heavy (non-hydrogen) atoms. The number of alkyl halides is 3. The summed E-state index contributed by atoms with van der Waals surface area (Å²) in [6, 6.07) is 26.1. The second kappa shape index (κ2) is 8.20. The van der Waals surface area contributed by atoms with E-state index in [4.69, 9.17) is 4.84 Å². The average molecular weight is 488 g/mol. The third kappa shape index (κ3) is 3.45. The zero-order valence-corrected chi connectivity index (χ0v) is 18.7. The molecular weight excluding hydrogens is 469 g/mol. The summed E-state index contributed by atoms with van der Waals surface area (Å²) < 4.78 is 40.0. The number of carbonyl (C=O) groups is 2. The van der Waals surface area contributed by atoms with Gasteiger partial charge in [0.2, 0.25) is 5.91 Å². The normalized spacial score (nSPS) is 21.9. The Bertz CT molecular complexity index is 1480. The number of benzene rings is 4. The Hall–Kier alpha value is -4.17. The highest BCUT2D eigenvalue weighted by Gasteiger charge is 2.60. The molecule has 3 unspecified atom stereocenters. The zero-order valence-electron chi connectivity index (χ0n) is 18.7. The first-order chi connectivity index (χ1) is 17.3. The van der Waals surface area contributed by atoms with Gasteiger partial charge in [-0.2, -0.15) is 13.2 Å². The van der Waals surface area contributed by atoms with Crippen molar-refractivity contribution in [2.75, 3.05) is 9.96 Å². The number of hydrogen-bond donors (Lipinski definition) is 0. The molecule has 2 heterocycles. The van der Waals surface area contributed by atoms with E-state index in [1.165, 1.54) is 12.1 Å². The second-order valence-corrected chi connectivity index (χ2v) is 8.79. The summed E-state index contributed by atoms with van der Waals surface area (Å²) in [7, 11) is 0. The van der Waals surface area contributed by atoms with Crippen LogP contribution >= 0.6 is 0 Å². The number of carbonyl (C=O) groups excluding carboxylic acids is 2. The van der Waals surface area contributed by atoms with Crippen molar-refractivity contribution >= 4 is 34.0 Å². The maximum Gasteiger partial charge on any atom is 0.416 e. The molecule has 4 aromatic carbocycles. The van der Waals surface area contributed by atoms with Crippen LogP contribution < -0.4 is 9.96 Å². The molecule has 2 amide bonds. The van der Waals surface area contributed by atoms with Gasteiger partial charge in [0.05, 0.1) is 23.0 Å². The summed E-state index contributed by atoms with van der Waals surface area (Å²) in [6.07, 6.45) is -5.78. The molecule has 0 spiro atoms. The lowest BCUT2D eigenvalue weighted by Gasteiger charge is -2.29. The van der Waals surface area contributed by atoms with E-state index in [-0.39, 0.29) is 5.69 Å². The molecule has 2 fully saturated rings. The molecule has 6 rings (SSSR count). The van der Waals surface area contributed by atoms with E-state index in [0.29, 0.717) is 5.69 Å². The maximum atomic E-state index is 13.8. The zero-order chi connectivity index (χ0) is 25.0. The molecule has 0 radical (unpaired) electrons. The fraction of sp³-hybridized carbons (Fsp3) is 0.143. The Labute approximate surface area is 204 Å². The van der Waals surface area contributed by atoms with Gasteiger partial charge in [0, 0.05) is 0 Å². The van der Waals surface area contributed by atoms with Crippen molar-refractivity contribution in [1.29, 1.82) is 0 Å². The topological polar surface area (TPSA) is 49.9 Å². The van der Waals surface area contributed by atoms with Gasteiger partial charge >= 0.3 is 6.18 Å². The first-order valence-corrected chi connectivity index (χ1v) is 11.4. The molecule has 2 aliphatic rings. The number of halogens is 3. The summed E-state index contributed by atoms with van der Waals surface area (Å²) >= 11 is 0. The molecule has 0 aliphatic carbocycles. The van der Waals surface area contributed by atoms with Crippen molar-refractivity contribution < 1.29 is 27.6 Å². The number of imide groups is 1. The van der Waals surface area contributed by atoms with Crippen LogP contribution in [0.5, 0.6) is 0 Å². The lowest BCUT2D eigenvalue weighted by Crippen LogP contribution is -2.37. The summed E-state index contributed by atoms with van der Waals surface area (Å²) in [5.74, 6) is -2.23.